The fourth-order valence-electron chi connectivity index (χ4n) is 2.52. The summed E-state index contributed by atoms with van der Waals surface area (Å²) in [6.45, 7) is 0. The first-order valence-electron chi connectivity index (χ1n) is 5.86. The average Bonchev–Trinajstić information content (AvgIpc) is 2.74. The second kappa shape index (κ2) is 4.42. The van der Waals surface area contributed by atoms with Crippen molar-refractivity contribution in [2.45, 2.75) is 46.5 Å². The molecule has 0 nitrogen and oxygen atoms in total. The number of rotatable bonds is 1. The van der Waals surface area contributed by atoms with Crippen LogP contribution in [-0.4, -0.2) is 4.58 Å². The fraction of sp³-hybridized carbons (Fsp3) is 0.538. The van der Waals surface area contributed by atoms with E-state index in [0.717, 1.165) is 10.5 Å². The summed E-state index contributed by atoms with van der Waals surface area (Å²) >= 11 is 4.21. The van der Waals surface area contributed by atoms with Crippen molar-refractivity contribution in [3.63, 3.8) is 0 Å². The first-order valence-corrected chi connectivity index (χ1v) is 7.62. The molecule has 0 atom stereocenters. The van der Waals surface area contributed by atoms with E-state index in [9.17, 15) is 0 Å². The van der Waals surface area contributed by atoms with E-state index in [1.807, 2.05) is 0 Å². The molecule has 0 saturated heterocycles. The molecule has 0 amide bonds. The zero-order chi connectivity index (χ0) is 10.1. The van der Waals surface area contributed by atoms with E-state index in [0.29, 0.717) is 0 Å². The van der Waals surface area contributed by atoms with Gasteiger partial charge in [0.2, 0.25) is 0 Å². The highest BCUT2D eigenvalue weighted by Crippen LogP contribution is 2.52. The number of fused-ring (bicyclic) bond motifs is 1. The molecule has 2 heteroatoms. The normalized spacial score (nSPS) is 22.9. The molecule has 3 rings (SSSR count). The predicted molar refractivity (Wildman–Crippen MR) is 68.5 cm³/mol. The molecule has 1 fully saturated rings. The van der Waals surface area contributed by atoms with Gasteiger partial charge in [0.1, 0.15) is 0 Å². The van der Waals surface area contributed by atoms with E-state index in [2.05, 4.69) is 47.8 Å². The monoisotopic (exact) mass is 236 g/mol. The summed E-state index contributed by atoms with van der Waals surface area (Å²) < 4.78 is 0.808. The highest BCUT2D eigenvalue weighted by atomic mass is 32.2. The van der Waals surface area contributed by atoms with Crippen LogP contribution >= 0.6 is 23.5 Å². The third-order valence-electron chi connectivity index (χ3n) is 3.37. The third-order valence-corrected chi connectivity index (χ3v) is 6.53. The maximum Gasteiger partial charge on any atom is 0.0625 e. The van der Waals surface area contributed by atoms with Crippen molar-refractivity contribution in [2.75, 3.05) is 0 Å². The van der Waals surface area contributed by atoms with Crippen LogP contribution in [0.5, 0.6) is 0 Å². The lowest BCUT2D eigenvalue weighted by molar-refractivity contribution is 0.381. The van der Waals surface area contributed by atoms with Gasteiger partial charge in [0, 0.05) is 9.79 Å². The van der Waals surface area contributed by atoms with Gasteiger partial charge in [-0.05, 0) is 30.9 Å². The van der Waals surface area contributed by atoms with Crippen LogP contribution in [0.1, 0.15) is 32.1 Å². The Kier molecular flexibility index (Phi) is 2.98. The lowest BCUT2D eigenvalue weighted by Gasteiger charge is -2.25. The summed E-state index contributed by atoms with van der Waals surface area (Å²) in [7, 11) is 0. The second-order valence-electron chi connectivity index (χ2n) is 4.45. The van der Waals surface area contributed by atoms with Crippen molar-refractivity contribution < 1.29 is 0 Å². The van der Waals surface area contributed by atoms with E-state index in [4.69, 9.17) is 0 Å². The van der Waals surface area contributed by atoms with Crippen LogP contribution in [0.2, 0.25) is 0 Å². The Labute approximate surface area is 100 Å². The summed E-state index contributed by atoms with van der Waals surface area (Å²) in [5.74, 6) is 0.959. The topological polar surface area (TPSA) is 0 Å². The SMILES string of the molecule is c1ccc2c(c1)SC(C1CCCCC1)S2. The Hall–Kier alpha value is -0.0800. The minimum absolute atomic E-state index is 0.808. The molecular weight excluding hydrogens is 220 g/mol. The van der Waals surface area contributed by atoms with Gasteiger partial charge in [-0.2, -0.15) is 0 Å². The molecule has 15 heavy (non-hydrogen) atoms. The van der Waals surface area contributed by atoms with Crippen molar-refractivity contribution >= 4 is 23.5 Å². The Morgan fingerprint density at radius 3 is 2.07 bits per heavy atom. The number of hydrogen-bond acceptors (Lipinski definition) is 2. The van der Waals surface area contributed by atoms with Gasteiger partial charge in [-0.25, -0.2) is 0 Å². The summed E-state index contributed by atoms with van der Waals surface area (Å²) in [5.41, 5.74) is 0. The molecular formula is C13H16S2. The zero-order valence-corrected chi connectivity index (χ0v) is 10.4. The number of benzene rings is 1. The van der Waals surface area contributed by atoms with Crippen LogP contribution in [0.3, 0.4) is 0 Å². The minimum atomic E-state index is 0.808. The molecule has 1 saturated carbocycles. The predicted octanol–water partition coefficient (Wildman–Crippen LogP) is 4.79. The maximum absolute atomic E-state index is 2.27. The summed E-state index contributed by atoms with van der Waals surface area (Å²) in [4.78, 5) is 3.02. The first-order chi connectivity index (χ1) is 7.43. The van der Waals surface area contributed by atoms with Gasteiger partial charge in [-0.3, -0.25) is 0 Å². The summed E-state index contributed by atoms with van der Waals surface area (Å²) in [5, 5.41) is 0. The zero-order valence-electron chi connectivity index (χ0n) is 8.82. The van der Waals surface area contributed by atoms with E-state index in [1.165, 1.54) is 41.9 Å². The lowest BCUT2D eigenvalue weighted by Crippen LogP contribution is -2.15. The lowest BCUT2D eigenvalue weighted by atomic mass is 9.91. The van der Waals surface area contributed by atoms with Crippen LogP contribution in [0.25, 0.3) is 0 Å². The van der Waals surface area contributed by atoms with Crippen LogP contribution < -0.4 is 0 Å². The molecule has 0 N–H and O–H groups in total. The van der Waals surface area contributed by atoms with Gasteiger partial charge in [0.15, 0.2) is 0 Å². The molecule has 2 aliphatic rings. The molecule has 1 aliphatic heterocycles. The summed E-state index contributed by atoms with van der Waals surface area (Å²) in [6.07, 6.45) is 7.29. The fourth-order valence-corrected chi connectivity index (χ4v) is 5.73. The Bertz CT molecular complexity index is 317. The van der Waals surface area contributed by atoms with Gasteiger partial charge in [0.25, 0.3) is 0 Å². The van der Waals surface area contributed by atoms with E-state index >= 15 is 0 Å². The molecule has 0 spiro atoms. The highest BCUT2D eigenvalue weighted by molar-refractivity contribution is 8.19. The van der Waals surface area contributed by atoms with Crippen LogP contribution in [0.15, 0.2) is 34.1 Å². The smallest absolute Gasteiger partial charge is 0.0625 e. The molecule has 0 bridgehead atoms. The molecule has 1 aromatic rings. The Morgan fingerprint density at radius 2 is 1.47 bits per heavy atom. The molecule has 80 valence electrons. The Balaban J connectivity index is 1.72. The van der Waals surface area contributed by atoms with Gasteiger partial charge in [-0.15, -0.1) is 23.5 Å². The largest absolute Gasteiger partial charge is 0.110 e. The van der Waals surface area contributed by atoms with Crippen molar-refractivity contribution in [2.24, 2.45) is 5.92 Å². The number of thioether (sulfide) groups is 2. The quantitative estimate of drug-likeness (QED) is 0.687. The second-order valence-corrected chi connectivity index (χ2v) is 7.11. The van der Waals surface area contributed by atoms with Crippen LogP contribution in [0.4, 0.5) is 0 Å². The van der Waals surface area contributed by atoms with Crippen molar-refractivity contribution in [3.8, 4) is 0 Å². The molecule has 1 aliphatic carbocycles. The van der Waals surface area contributed by atoms with Crippen LogP contribution in [-0.2, 0) is 0 Å². The molecule has 0 aromatic heterocycles. The van der Waals surface area contributed by atoms with Crippen molar-refractivity contribution in [1.82, 2.24) is 0 Å². The van der Waals surface area contributed by atoms with Crippen molar-refractivity contribution in [1.29, 1.82) is 0 Å². The Morgan fingerprint density at radius 1 is 0.867 bits per heavy atom. The molecule has 0 unspecified atom stereocenters. The third kappa shape index (κ3) is 2.07. The number of hydrogen-bond donors (Lipinski definition) is 0. The van der Waals surface area contributed by atoms with E-state index in [-0.39, 0.29) is 0 Å². The molecule has 1 aromatic carbocycles. The molecule has 1 heterocycles. The van der Waals surface area contributed by atoms with Gasteiger partial charge in [0.05, 0.1) is 4.58 Å². The highest BCUT2D eigenvalue weighted by Gasteiger charge is 2.30. The van der Waals surface area contributed by atoms with E-state index in [1.54, 1.807) is 0 Å². The van der Waals surface area contributed by atoms with Gasteiger partial charge in [-0.1, -0.05) is 31.4 Å². The van der Waals surface area contributed by atoms with Crippen LogP contribution in [0, 0.1) is 5.92 Å². The van der Waals surface area contributed by atoms with E-state index < -0.39 is 0 Å². The average molecular weight is 236 g/mol. The first kappa shape index (κ1) is 10.1. The van der Waals surface area contributed by atoms with Crippen molar-refractivity contribution in [3.05, 3.63) is 24.3 Å². The summed E-state index contributed by atoms with van der Waals surface area (Å²) in [6, 6.07) is 8.87. The maximum atomic E-state index is 2.27. The minimum Gasteiger partial charge on any atom is -0.110 e. The molecule has 0 radical (unpaired) electrons. The van der Waals surface area contributed by atoms with Gasteiger partial charge >= 0.3 is 0 Å². The van der Waals surface area contributed by atoms with Gasteiger partial charge < -0.3 is 0 Å². The standard InChI is InChI=1S/C13H16S2/c1-2-6-10(7-3-1)13-14-11-8-4-5-9-12(11)15-13/h4-5,8-10,13H,1-3,6-7H2.